The molecular formula is C6H13ClFNO. The highest BCUT2D eigenvalue weighted by Crippen LogP contribution is 2.10. The molecule has 0 aromatic heterocycles. The van der Waals surface area contributed by atoms with Crippen LogP contribution in [0.2, 0.25) is 0 Å². The molecule has 1 unspecified atom stereocenters. The summed E-state index contributed by atoms with van der Waals surface area (Å²) in [4.78, 5) is 1.94. The average Bonchev–Trinajstić information content (AvgIpc) is 2.17. The fourth-order valence-corrected chi connectivity index (χ4v) is 1.13. The Hall–Kier alpha value is 0.140. The lowest BCUT2D eigenvalue weighted by molar-refractivity contribution is 0.211. The maximum absolute atomic E-state index is 12.4. The summed E-state index contributed by atoms with van der Waals surface area (Å²) in [6, 6.07) is 0. The van der Waals surface area contributed by atoms with Gasteiger partial charge in [0.25, 0.3) is 0 Å². The molecular weight excluding hydrogens is 157 g/mol. The fourth-order valence-electron chi connectivity index (χ4n) is 1.13. The van der Waals surface area contributed by atoms with Crippen molar-refractivity contribution in [2.24, 2.45) is 0 Å². The van der Waals surface area contributed by atoms with Crippen molar-refractivity contribution >= 4 is 12.4 Å². The topological polar surface area (TPSA) is 23.5 Å². The van der Waals surface area contributed by atoms with Crippen molar-refractivity contribution < 1.29 is 9.50 Å². The lowest BCUT2D eigenvalue weighted by atomic mass is 10.3. The Morgan fingerprint density at radius 2 is 2.30 bits per heavy atom. The van der Waals surface area contributed by atoms with Crippen molar-refractivity contribution in [1.82, 2.24) is 4.90 Å². The summed E-state index contributed by atoms with van der Waals surface area (Å²) < 4.78 is 12.4. The Morgan fingerprint density at radius 3 is 2.70 bits per heavy atom. The number of β-amino-alcohol motifs (C(OH)–C–C–N with tert-alkyl or cyclic N) is 1. The summed E-state index contributed by atoms with van der Waals surface area (Å²) in [5, 5.41) is 8.45. The van der Waals surface area contributed by atoms with Gasteiger partial charge in [0.05, 0.1) is 6.61 Å². The number of hydrogen-bond acceptors (Lipinski definition) is 2. The van der Waals surface area contributed by atoms with E-state index in [-0.39, 0.29) is 19.0 Å². The van der Waals surface area contributed by atoms with Crippen molar-refractivity contribution in [2.75, 3.05) is 26.2 Å². The minimum atomic E-state index is -0.656. The van der Waals surface area contributed by atoms with E-state index >= 15 is 0 Å². The number of aliphatic hydroxyl groups excluding tert-OH is 1. The zero-order chi connectivity index (χ0) is 6.69. The highest BCUT2D eigenvalue weighted by molar-refractivity contribution is 5.85. The van der Waals surface area contributed by atoms with Gasteiger partial charge in [-0.25, -0.2) is 4.39 Å². The van der Waals surface area contributed by atoms with Crippen LogP contribution in [0.25, 0.3) is 0 Å². The van der Waals surface area contributed by atoms with Crippen LogP contribution < -0.4 is 0 Å². The predicted molar refractivity (Wildman–Crippen MR) is 40.3 cm³/mol. The highest BCUT2D eigenvalue weighted by atomic mass is 35.5. The molecule has 1 atom stereocenters. The molecule has 0 bridgehead atoms. The SMILES string of the molecule is Cl.OCCN1CCC(F)C1. The van der Waals surface area contributed by atoms with Gasteiger partial charge in [0.1, 0.15) is 6.17 Å². The molecule has 1 aliphatic heterocycles. The molecule has 1 aliphatic rings. The molecule has 0 aromatic rings. The van der Waals surface area contributed by atoms with E-state index in [4.69, 9.17) is 5.11 Å². The Morgan fingerprint density at radius 1 is 1.60 bits per heavy atom. The lowest BCUT2D eigenvalue weighted by Crippen LogP contribution is -2.24. The molecule has 1 rings (SSSR count). The summed E-state index contributed by atoms with van der Waals surface area (Å²) >= 11 is 0. The quantitative estimate of drug-likeness (QED) is 0.649. The first-order valence-corrected chi connectivity index (χ1v) is 3.30. The van der Waals surface area contributed by atoms with E-state index in [2.05, 4.69) is 0 Å². The summed E-state index contributed by atoms with van der Waals surface area (Å²) in [6.45, 7) is 2.09. The van der Waals surface area contributed by atoms with Crippen LogP contribution in [0.4, 0.5) is 4.39 Å². The monoisotopic (exact) mass is 169 g/mol. The van der Waals surface area contributed by atoms with E-state index < -0.39 is 6.17 Å². The summed E-state index contributed by atoms with van der Waals surface area (Å²) in [6.07, 6.45) is -0.0171. The number of alkyl halides is 1. The molecule has 1 N–H and O–H groups in total. The van der Waals surface area contributed by atoms with E-state index in [1.54, 1.807) is 0 Å². The standard InChI is InChI=1S/C6H12FNO.ClH/c7-6-1-2-8(5-6)3-4-9;/h6,9H,1-5H2;1H. The van der Waals surface area contributed by atoms with E-state index in [9.17, 15) is 4.39 Å². The van der Waals surface area contributed by atoms with Gasteiger partial charge >= 0.3 is 0 Å². The number of halogens is 2. The molecule has 0 spiro atoms. The van der Waals surface area contributed by atoms with Crippen LogP contribution in [-0.2, 0) is 0 Å². The molecule has 0 aromatic carbocycles. The Labute approximate surface area is 66.4 Å². The first-order valence-electron chi connectivity index (χ1n) is 3.30. The van der Waals surface area contributed by atoms with Gasteiger partial charge in [-0.15, -0.1) is 12.4 Å². The van der Waals surface area contributed by atoms with Crippen LogP contribution in [0.3, 0.4) is 0 Å². The molecule has 2 nitrogen and oxygen atoms in total. The molecule has 62 valence electrons. The second-order valence-electron chi connectivity index (χ2n) is 2.41. The second kappa shape index (κ2) is 4.88. The van der Waals surface area contributed by atoms with Gasteiger partial charge in [0.15, 0.2) is 0 Å². The number of hydrogen-bond donors (Lipinski definition) is 1. The third-order valence-corrected chi connectivity index (χ3v) is 1.63. The first kappa shape index (κ1) is 10.1. The van der Waals surface area contributed by atoms with Crippen LogP contribution in [-0.4, -0.2) is 42.4 Å². The van der Waals surface area contributed by atoms with Gasteiger partial charge in [-0.2, -0.15) is 0 Å². The van der Waals surface area contributed by atoms with E-state index in [1.807, 2.05) is 4.90 Å². The van der Waals surface area contributed by atoms with Crippen molar-refractivity contribution in [3.05, 3.63) is 0 Å². The van der Waals surface area contributed by atoms with E-state index in [0.717, 1.165) is 6.54 Å². The van der Waals surface area contributed by atoms with Crippen molar-refractivity contribution in [3.63, 3.8) is 0 Å². The van der Waals surface area contributed by atoms with Gasteiger partial charge in [-0.05, 0) is 6.42 Å². The molecule has 0 aliphatic carbocycles. The van der Waals surface area contributed by atoms with E-state index in [1.165, 1.54) is 0 Å². The lowest BCUT2D eigenvalue weighted by Gasteiger charge is -2.10. The number of aliphatic hydroxyl groups is 1. The van der Waals surface area contributed by atoms with Crippen LogP contribution in [0.5, 0.6) is 0 Å². The minimum Gasteiger partial charge on any atom is -0.395 e. The molecule has 0 amide bonds. The van der Waals surface area contributed by atoms with Crippen LogP contribution >= 0.6 is 12.4 Å². The van der Waals surface area contributed by atoms with Gasteiger partial charge in [-0.1, -0.05) is 0 Å². The van der Waals surface area contributed by atoms with Crippen molar-refractivity contribution in [2.45, 2.75) is 12.6 Å². The molecule has 10 heavy (non-hydrogen) atoms. The Bertz CT molecular complexity index is 91.8. The average molecular weight is 170 g/mol. The van der Waals surface area contributed by atoms with Crippen LogP contribution in [0.15, 0.2) is 0 Å². The summed E-state index contributed by atoms with van der Waals surface area (Å²) in [5.41, 5.74) is 0. The summed E-state index contributed by atoms with van der Waals surface area (Å²) in [7, 11) is 0. The van der Waals surface area contributed by atoms with Gasteiger partial charge in [-0.3, -0.25) is 4.90 Å². The summed E-state index contributed by atoms with van der Waals surface area (Å²) in [5.74, 6) is 0. The normalized spacial score (nSPS) is 26.4. The first-order chi connectivity index (χ1) is 4.33. The molecule has 1 fully saturated rings. The number of rotatable bonds is 2. The van der Waals surface area contributed by atoms with Crippen molar-refractivity contribution in [1.29, 1.82) is 0 Å². The maximum atomic E-state index is 12.4. The minimum absolute atomic E-state index is 0. The van der Waals surface area contributed by atoms with Gasteiger partial charge in [0, 0.05) is 19.6 Å². The molecule has 4 heteroatoms. The van der Waals surface area contributed by atoms with Crippen LogP contribution in [0.1, 0.15) is 6.42 Å². The Kier molecular flexibility index (Phi) is 4.95. The zero-order valence-corrected chi connectivity index (χ0v) is 6.61. The molecule has 0 saturated carbocycles. The largest absolute Gasteiger partial charge is 0.395 e. The van der Waals surface area contributed by atoms with Gasteiger partial charge in [0.2, 0.25) is 0 Å². The highest BCUT2D eigenvalue weighted by Gasteiger charge is 2.20. The Balaban J connectivity index is 0.000000810. The van der Waals surface area contributed by atoms with Crippen molar-refractivity contribution in [3.8, 4) is 0 Å². The third-order valence-electron chi connectivity index (χ3n) is 1.63. The second-order valence-corrected chi connectivity index (χ2v) is 2.41. The molecule has 1 heterocycles. The number of nitrogens with zero attached hydrogens (tertiary/aromatic N) is 1. The smallest absolute Gasteiger partial charge is 0.114 e. The predicted octanol–water partition coefficient (Wildman–Crippen LogP) is 0.444. The third kappa shape index (κ3) is 2.82. The van der Waals surface area contributed by atoms with Crippen LogP contribution in [0, 0.1) is 0 Å². The number of likely N-dealkylation sites (tertiary alicyclic amines) is 1. The van der Waals surface area contributed by atoms with E-state index in [0.29, 0.717) is 19.5 Å². The van der Waals surface area contributed by atoms with Gasteiger partial charge < -0.3 is 5.11 Å². The molecule has 1 saturated heterocycles. The zero-order valence-electron chi connectivity index (χ0n) is 5.79. The fraction of sp³-hybridized carbons (Fsp3) is 1.00. The molecule has 0 radical (unpaired) electrons. The maximum Gasteiger partial charge on any atom is 0.114 e.